The second-order valence-corrected chi connectivity index (χ2v) is 10.2. The Morgan fingerprint density at radius 3 is 1.33 bits per heavy atom. The molecule has 0 atom stereocenters. The van der Waals surface area contributed by atoms with Gasteiger partial charge >= 0.3 is 11.9 Å². The van der Waals surface area contributed by atoms with E-state index in [9.17, 15) is 14.4 Å². The highest BCUT2D eigenvalue weighted by atomic mass is 79.9. The van der Waals surface area contributed by atoms with Crippen LogP contribution < -0.4 is 4.90 Å². The van der Waals surface area contributed by atoms with E-state index in [0.717, 1.165) is 32.7 Å². The lowest BCUT2D eigenvalue weighted by Gasteiger charge is -2.26. The number of carbonyl (C=O) groups is 3. The van der Waals surface area contributed by atoms with Crippen LogP contribution in [0.15, 0.2) is 112 Å². The van der Waals surface area contributed by atoms with Crippen molar-refractivity contribution in [1.82, 2.24) is 0 Å². The quantitative estimate of drug-likeness (QED) is 0.0817. The van der Waals surface area contributed by atoms with Crippen LogP contribution in [-0.2, 0) is 19.3 Å². The van der Waals surface area contributed by atoms with Crippen LogP contribution in [0.3, 0.4) is 0 Å². The molecule has 4 aromatic rings. The molecule has 8 nitrogen and oxygen atoms in total. The number of rotatable bonds is 9. The fourth-order valence-corrected chi connectivity index (χ4v) is 4.55. The molecular weight excluding hydrogens is 598 g/mol. The third-order valence-corrected chi connectivity index (χ3v) is 6.91. The number of anilines is 3. The Balaban J connectivity index is 1.71. The zero-order chi connectivity index (χ0) is 30.2. The summed E-state index contributed by atoms with van der Waals surface area (Å²) >= 11 is 3.46. The minimum absolute atomic E-state index is 0.0839. The summed E-state index contributed by atoms with van der Waals surface area (Å²) in [5.41, 5.74) is 6.38. The van der Waals surface area contributed by atoms with Crippen molar-refractivity contribution in [3.05, 3.63) is 124 Å². The lowest BCUT2D eigenvalue weighted by molar-refractivity contribution is -0.141. The van der Waals surface area contributed by atoms with E-state index in [1.54, 1.807) is 32.0 Å². The number of carbonyl (C=O) groups excluding carboxylic acids is 3. The third-order valence-electron chi connectivity index (χ3n) is 6.21. The molecule has 0 N–H and O–H groups in total. The van der Waals surface area contributed by atoms with Gasteiger partial charge in [0, 0.05) is 46.5 Å². The van der Waals surface area contributed by atoms with Gasteiger partial charge in [0.25, 0.3) is 0 Å². The van der Waals surface area contributed by atoms with Crippen LogP contribution in [0, 0.1) is 0 Å². The van der Waals surface area contributed by atoms with Crippen LogP contribution in [0.4, 0.5) is 17.1 Å². The highest BCUT2D eigenvalue weighted by Crippen LogP contribution is 2.35. The van der Waals surface area contributed by atoms with Crippen LogP contribution in [0.25, 0.3) is 0 Å². The molecule has 0 aromatic heterocycles. The summed E-state index contributed by atoms with van der Waals surface area (Å²) < 4.78 is 0.737. The first-order valence-electron chi connectivity index (χ1n) is 13.0. The van der Waals surface area contributed by atoms with Crippen LogP contribution >= 0.6 is 15.9 Å². The molecule has 0 heterocycles. The molecule has 0 unspecified atom stereocenters. The van der Waals surface area contributed by atoms with Crippen molar-refractivity contribution in [2.75, 3.05) is 4.90 Å². The van der Waals surface area contributed by atoms with E-state index in [-0.39, 0.29) is 5.78 Å². The normalized spacial score (nSPS) is 11.5. The molecule has 0 radical (unpaired) electrons. The molecule has 4 aromatic carbocycles. The van der Waals surface area contributed by atoms with E-state index in [0.29, 0.717) is 22.6 Å². The van der Waals surface area contributed by atoms with Gasteiger partial charge in [-0.1, -0.05) is 62.6 Å². The Hall–Kier alpha value is -4.89. The number of halogens is 1. The Morgan fingerprint density at radius 1 is 0.571 bits per heavy atom. The maximum atomic E-state index is 13.2. The van der Waals surface area contributed by atoms with Gasteiger partial charge in [0.15, 0.2) is 5.78 Å². The highest BCUT2D eigenvalue weighted by molar-refractivity contribution is 9.10. The van der Waals surface area contributed by atoms with Gasteiger partial charge in [-0.15, -0.1) is 0 Å². The molecule has 0 aliphatic heterocycles. The minimum Gasteiger partial charge on any atom is -0.318 e. The largest absolute Gasteiger partial charge is 0.331 e. The predicted molar refractivity (Wildman–Crippen MR) is 167 cm³/mol. The summed E-state index contributed by atoms with van der Waals surface area (Å²) in [5, 5.41) is 7.74. The van der Waals surface area contributed by atoms with Gasteiger partial charge in [-0.3, -0.25) is 4.79 Å². The molecule has 9 heteroatoms. The lowest BCUT2D eigenvalue weighted by Crippen LogP contribution is -2.11. The van der Waals surface area contributed by atoms with E-state index >= 15 is 0 Å². The Morgan fingerprint density at radius 2 is 0.952 bits per heavy atom. The van der Waals surface area contributed by atoms with Gasteiger partial charge in [0.1, 0.15) is 0 Å². The van der Waals surface area contributed by atoms with Gasteiger partial charge < -0.3 is 14.6 Å². The summed E-state index contributed by atoms with van der Waals surface area (Å²) in [7, 11) is 0. The predicted octanol–water partition coefficient (Wildman–Crippen LogP) is 7.72. The van der Waals surface area contributed by atoms with Crippen molar-refractivity contribution in [3.8, 4) is 0 Å². The van der Waals surface area contributed by atoms with Crippen LogP contribution in [0.2, 0.25) is 0 Å². The average Bonchev–Trinajstić information content (AvgIpc) is 2.99. The van der Waals surface area contributed by atoms with Crippen LogP contribution in [-0.4, -0.2) is 29.1 Å². The summed E-state index contributed by atoms with van der Waals surface area (Å²) in [6.07, 6.45) is 0. The third kappa shape index (κ3) is 7.44. The number of hydrogen-bond acceptors (Lipinski definition) is 8. The molecular formula is C33H28BrN3O5. The zero-order valence-electron chi connectivity index (χ0n) is 23.5. The fourth-order valence-electron chi connectivity index (χ4n) is 4.08. The van der Waals surface area contributed by atoms with E-state index in [1.807, 2.05) is 83.8 Å². The number of benzene rings is 4. The monoisotopic (exact) mass is 625 g/mol. The molecule has 0 saturated heterocycles. The SMILES string of the molecule is CC(=O)ON=C(C)c1ccc(N(c2ccc(C(=O)c3ccccc3Br)cc2)c2ccc(/C(C)=N\OC(C)=O)cc2)cc1. The first-order valence-corrected chi connectivity index (χ1v) is 13.8. The molecule has 0 saturated carbocycles. The topological polar surface area (TPSA) is 97.6 Å². The molecule has 0 amide bonds. The standard InChI is InChI=1S/C33H28BrN3O5/c1-21(35-41-23(3)38)25-9-15-28(16-10-25)37(29-17-11-26(12-18-29)22(2)36-42-24(4)39)30-19-13-27(14-20-30)33(40)31-7-5-6-8-32(31)34/h5-20H,1-4H3/b35-21-,36-22?. The van der Waals surface area contributed by atoms with Gasteiger partial charge in [0.05, 0.1) is 11.4 Å². The molecule has 4 rings (SSSR count). The average molecular weight is 627 g/mol. The Kier molecular flexibility index (Phi) is 9.77. The second-order valence-electron chi connectivity index (χ2n) is 9.30. The van der Waals surface area contributed by atoms with E-state index in [4.69, 9.17) is 9.68 Å². The fraction of sp³-hybridized carbons (Fsp3) is 0.121. The van der Waals surface area contributed by atoms with Gasteiger partial charge in [-0.2, -0.15) is 0 Å². The van der Waals surface area contributed by atoms with E-state index < -0.39 is 11.9 Å². The molecule has 0 aliphatic carbocycles. The number of ketones is 1. The molecule has 0 spiro atoms. The molecule has 212 valence electrons. The van der Waals surface area contributed by atoms with Crippen LogP contribution in [0.1, 0.15) is 54.7 Å². The van der Waals surface area contributed by atoms with Gasteiger partial charge in [-0.05, 0) is 85.6 Å². The minimum atomic E-state index is -0.490. The highest BCUT2D eigenvalue weighted by Gasteiger charge is 2.16. The number of oxime groups is 2. The van der Waals surface area contributed by atoms with E-state index in [2.05, 4.69) is 26.2 Å². The Labute approximate surface area is 252 Å². The number of nitrogens with zero attached hydrogens (tertiary/aromatic N) is 3. The molecule has 0 bridgehead atoms. The molecule has 42 heavy (non-hydrogen) atoms. The van der Waals surface area contributed by atoms with E-state index in [1.165, 1.54) is 13.8 Å². The van der Waals surface area contributed by atoms with Crippen molar-refractivity contribution in [2.24, 2.45) is 10.3 Å². The summed E-state index contributed by atoms with van der Waals surface area (Å²) in [5.74, 6) is -1.06. The lowest BCUT2D eigenvalue weighted by atomic mass is 10.0. The van der Waals surface area contributed by atoms with Crippen molar-refractivity contribution in [3.63, 3.8) is 0 Å². The molecule has 0 aliphatic rings. The maximum Gasteiger partial charge on any atom is 0.331 e. The first-order chi connectivity index (χ1) is 20.1. The zero-order valence-corrected chi connectivity index (χ0v) is 25.1. The van der Waals surface area contributed by atoms with Crippen molar-refractivity contribution in [1.29, 1.82) is 0 Å². The number of hydrogen-bond donors (Lipinski definition) is 0. The van der Waals surface area contributed by atoms with Crippen molar-refractivity contribution < 1.29 is 24.1 Å². The Bertz CT molecular complexity index is 1590. The van der Waals surface area contributed by atoms with Crippen molar-refractivity contribution >= 4 is 62.1 Å². The summed E-state index contributed by atoms with van der Waals surface area (Å²) in [6, 6.07) is 30.0. The smallest absolute Gasteiger partial charge is 0.318 e. The molecule has 0 fully saturated rings. The maximum absolute atomic E-state index is 13.2. The summed E-state index contributed by atoms with van der Waals surface area (Å²) in [6.45, 7) is 6.11. The second kappa shape index (κ2) is 13.6. The van der Waals surface area contributed by atoms with Gasteiger partial charge in [0.2, 0.25) is 0 Å². The van der Waals surface area contributed by atoms with Crippen LogP contribution in [0.5, 0.6) is 0 Å². The first kappa shape index (κ1) is 30.1. The summed E-state index contributed by atoms with van der Waals surface area (Å²) in [4.78, 5) is 47.0. The van der Waals surface area contributed by atoms with Crippen molar-refractivity contribution in [2.45, 2.75) is 27.7 Å². The van der Waals surface area contributed by atoms with Gasteiger partial charge in [-0.25, -0.2) is 9.59 Å².